The van der Waals surface area contributed by atoms with Gasteiger partial charge in [0.05, 0.1) is 0 Å². The van der Waals surface area contributed by atoms with Gasteiger partial charge in [0, 0.05) is 13.1 Å². The number of carbonyl (C=O) groups excluding carboxylic acids is 4. The molecule has 1 aliphatic heterocycles. The van der Waals surface area contributed by atoms with Crippen molar-refractivity contribution in [3.8, 4) is 0 Å². The number of carbonyl (C=O) groups is 4. The second kappa shape index (κ2) is 8.08. The summed E-state index contributed by atoms with van der Waals surface area (Å²) in [5.74, 6) is -1.93. The quantitative estimate of drug-likeness (QED) is 0.433. The van der Waals surface area contributed by atoms with Crippen LogP contribution in [-0.2, 0) is 14.4 Å². The second-order valence-corrected chi connectivity index (χ2v) is 6.69. The number of hydrogen-bond acceptors (Lipinski definition) is 4. The molecule has 1 fully saturated rings. The molecule has 0 radical (unpaired) electrons. The highest BCUT2D eigenvalue weighted by molar-refractivity contribution is 6.45. The lowest BCUT2D eigenvalue weighted by Crippen LogP contribution is -2.42. The summed E-state index contributed by atoms with van der Waals surface area (Å²) in [7, 11) is 0. The van der Waals surface area contributed by atoms with Crippen molar-refractivity contribution in [2.24, 2.45) is 5.92 Å². The molecule has 0 aromatic carbocycles. The van der Waals surface area contributed by atoms with Gasteiger partial charge in [-0.05, 0) is 38.0 Å². The van der Waals surface area contributed by atoms with E-state index >= 15 is 0 Å². The van der Waals surface area contributed by atoms with Crippen molar-refractivity contribution in [3.05, 3.63) is 11.6 Å². The average molecular weight is 335 g/mol. The highest BCUT2D eigenvalue weighted by Gasteiger charge is 2.44. The predicted octanol–water partition coefficient (Wildman–Crippen LogP) is 1.44. The van der Waals surface area contributed by atoms with Gasteiger partial charge < -0.3 is 5.32 Å². The molecule has 1 aliphatic carbocycles. The van der Waals surface area contributed by atoms with Crippen LogP contribution in [0.15, 0.2) is 11.6 Å². The summed E-state index contributed by atoms with van der Waals surface area (Å²) in [6.45, 7) is 4.13. The number of amides is 5. The van der Waals surface area contributed by atoms with E-state index in [1.165, 1.54) is 12.0 Å². The Morgan fingerprint density at radius 2 is 1.88 bits per heavy atom. The lowest BCUT2D eigenvalue weighted by molar-refractivity contribution is -0.144. The van der Waals surface area contributed by atoms with E-state index in [1.54, 1.807) is 0 Å². The number of nitrogens with one attached hydrogen (secondary N) is 1. The minimum absolute atomic E-state index is 0.194. The van der Waals surface area contributed by atoms with Gasteiger partial charge in [-0.1, -0.05) is 25.5 Å². The fourth-order valence-electron chi connectivity index (χ4n) is 2.79. The van der Waals surface area contributed by atoms with Crippen LogP contribution in [0.25, 0.3) is 0 Å². The average Bonchev–Trinajstić information content (AvgIpc) is 2.76. The van der Waals surface area contributed by atoms with Crippen LogP contribution in [0, 0.1) is 5.92 Å². The van der Waals surface area contributed by atoms with Crippen molar-refractivity contribution >= 4 is 23.8 Å². The molecule has 0 atom stereocenters. The molecule has 0 spiro atoms. The van der Waals surface area contributed by atoms with Crippen LogP contribution in [0.1, 0.15) is 46.0 Å². The third-order valence-corrected chi connectivity index (χ3v) is 4.19. The summed E-state index contributed by atoms with van der Waals surface area (Å²) in [6.07, 6.45) is 7.03. The molecule has 132 valence electrons. The Balaban J connectivity index is 1.91. The largest absolute Gasteiger partial charge is 0.354 e. The maximum absolute atomic E-state index is 12.3. The van der Waals surface area contributed by atoms with E-state index in [1.807, 2.05) is 13.8 Å². The minimum Gasteiger partial charge on any atom is -0.354 e. The van der Waals surface area contributed by atoms with Gasteiger partial charge in [0.2, 0.25) is 5.91 Å². The van der Waals surface area contributed by atoms with E-state index in [0.29, 0.717) is 13.0 Å². The first kappa shape index (κ1) is 18.2. The van der Waals surface area contributed by atoms with E-state index in [2.05, 4.69) is 11.4 Å². The molecule has 5 amide bonds. The molecule has 0 saturated carbocycles. The Hall–Kier alpha value is -2.18. The van der Waals surface area contributed by atoms with Crippen LogP contribution in [0.3, 0.4) is 0 Å². The van der Waals surface area contributed by atoms with Crippen molar-refractivity contribution in [2.45, 2.75) is 46.0 Å². The van der Waals surface area contributed by atoms with Crippen LogP contribution in [0.2, 0.25) is 0 Å². The minimum atomic E-state index is -0.919. The maximum atomic E-state index is 12.3. The molecule has 1 heterocycles. The first-order valence-electron chi connectivity index (χ1n) is 8.52. The van der Waals surface area contributed by atoms with Crippen LogP contribution in [0.4, 0.5) is 4.79 Å². The Bertz CT molecular complexity index is 568. The predicted molar refractivity (Wildman–Crippen MR) is 87.8 cm³/mol. The number of hydrogen-bond donors (Lipinski definition) is 1. The van der Waals surface area contributed by atoms with Crippen LogP contribution in [-0.4, -0.2) is 53.2 Å². The first-order valence-corrected chi connectivity index (χ1v) is 8.52. The number of nitrogens with zero attached hydrogens (tertiary/aromatic N) is 2. The lowest BCUT2D eigenvalue weighted by atomic mass is 9.97. The topological polar surface area (TPSA) is 86.8 Å². The smallest absolute Gasteiger partial charge is 0.334 e. The van der Waals surface area contributed by atoms with E-state index in [0.717, 1.165) is 29.1 Å². The van der Waals surface area contributed by atoms with E-state index in [4.69, 9.17) is 0 Å². The summed E-state index contributed by atoms with van der Waals surface area (Å²) in [4.78, 5) is 49.8. The van der Waals surface area contributed by atoms with Crippen molar-refractivity contribution in [2.75, 3.05) is 19.6 Å². The standard InChI is InChI=1S/C17H25N3O4/c1-12(2)10-18-14(21)11-20-16(23)15(22)19(17(20)24)9-8-13-6-4-3-5-7-13/h6,12H,3-5,7-11H2,1-2H3,(H,18,21). The number of imide groups is 2. The zero-order chi connectivity index (χ0) is 17.7. The van der Waals surface area contributed by atoms with Crippen LogP contribution < -0.4 is 5.32 Å². The van der Waals surface area contributed by atoms with E-state index in [-0.39, 0.29) is 12.5 Å². The van der Waals surface area contributed by atoms with Gasteiger partial charge in [-0.15, -0.1) is 0 Å². The third-order valence-electron chi connectivity index (χ3n) is 4.19. The molecule has 1 saturated heterocycles. The Labute approximate surface area is 142 Å². The fraction of sp³-hybridized carbons (Fsp3) is 0.647. The zero-order valence-corrected chi connectivity index (χ0v) is 14.3. The Morgan fingerprint density at radius 3 is 2.50 bits per heavy atom. The molecular formula is C17H25N3O4. The summed E-state index contributed by atoms with van der Waals surface area (Å²) < 4.78 is 0. The molecule has 2 aliphatic rings. The van der Waals surface area contributed by atoms with Crippen LogP contribution >= 0.6 is 0 Å². The zero-order valence-electron chi connectivity index (χ0n) is 14.3. The molecule has 1 N–H and O–H groups in total. The fourth-order valence-corrected chi connectivity index (χ4v) is 2.79. The molecular weight excluding hydrogens is 310 g/mol. The first-order chi connectivity index (χ1) is 11.4. The van der Waals surface area contributed by atoms with Crippen molar-refractivity contribution in [1.29, 1.82) is 0 Å². The monoisotopic (exact) mass is 335 g/mol. The van der Waals surface area contributed by atoms with Gasteiger partial charge in [0.15, 0.2) is 0 Å². The summed E-state index contributed by atoms with van der Waals surface area (Å²) in [6, 6.07) is -0.693. The molecule has 0 unspecified atom stereocenters. The third kappa shape index (κ3) is 4.43. The van der Waals surface area contributed by atoms with Gasteiger partial charge in [-0.25, -0.2) is 9.69 Å². The second-order valence-electron chi connectivity index (χ2n) is 6.69. The lowest BCUT2D eigenvalue weighted by Gasteiger charge is -2.17. The molecule has 7 heteroatoms. The highest BCUT2D eigenvalue weighted by Crippen LogP contribution is 2.21. The highest BCUT2D eigenvalue weighted by atomic mass is 16.2. The van der Waals surface area contributed by atoms with Gasteiger partial charge >= 0.3 is 17.8 Å². The molecule has 0 bridgehead atoms. The molecule has 0 aromatic rings. The Morgan fingerprint density at radius 1 is 1.17 bits per heavy atom. The van der Waals surface area contributed by atoms with Gasteiger partial charge in [-0.2, -0.15) is 0 Å². The summed E-state index contributed by atoms with van der Waals surface area (Å²) in [5.41, 5.74) is 1.22. The number of allylic oxidation sites excluding steroid dienone is 1. The number of urea groups is 1. The van der Waals surface area contributed by atoms with Gasteiger partial charge in [0.1, 0.15) is 6.54 Å². The molecule has 24 heavy (non-hydrogen) atoms. The Kier molecular flexibility index (Phi) is 6.11. The van der Waals surface area contributed by atoms with E-state index < -0.39 is 30.3 Å². The summed E-state index contributed by atoms with van der Waals surface area (Å²) in [5, 5.41) is 2.64. The molecule has 7 nitrogen and oxygen atoms in total. The summed E-state index contributed by atoms with van der Waals surface area (Å²) >= 11 is 0. The number of rotatable bonds is 7. The van der Waals surface area contributed by atoms with Gasteiger partial charge in [0.25, 0.3) is 0 Å². The normalized spacial score (nSPS) is 18.5. The van der Waals surface area contributed by atoms with Crippen molar-refractivity contribution < 1.29 is 19.2 Å². The van der Waals surface area contributed by atoms with Crippen molar-refractivity contribution in [3.63, 3.8) is 0 Å². The molecule has 0 aromatic heterocycles. The van der Waals surface area contributed by atoms with E-state index in [9.17, 15) is 19.2 Å². The molecule has 2 rings (SSSR count). The maximum Gasteiger partial charge on any atom is 0.334 e. The van der Waals surface area contributed by atoms with Crippen LogP contribution in [0.5, 0.6) is 0 Å². The SMILES string of the molecule is CC(C)CNC(=O)CN1C(=O)C(=O)N(CCC2=CCCCC2)C1=O. The van der Waals surface area contributed by atoms with Gasteiger partial charge in [-0.3, -0.25) is 19.3 Å². The van der Waals surface area contributed by atoms with Crippen molar-refractivity contribution in [1.82, 2.24) is 15.1 Å².